The Morgan fingerprint density at radius 1 is 0.763 bits per heavy atom. The minimum Gasteiger partial charge on any atom is -0.489 e. The van der Waals surface area contributed by atoms with Crippen LogP contribution < -0.4 is 4.74 Å². The first-order valence-corrected chi connectivity index (χ1v) is 11.6. The molecule has 5 aromatic rings. The Morgan fingerprint density at radius 2 is 1.47 bits per heavy atom. The summed E-state index contributed by atoms with van der Waals surface area (Å²) in [4.78, 5) is 4.03. The van der Waals surface area contributed by atoms with Gasteiger partial charge in [0.15, 0.2) is 0 Å². The molecular formula is C30H19F6NO. The van der Waals surface area contributed by atoms with Gasteiger partial charge in [-0.1, -0.05) is 54.6 Å². The van der Waals surface area contributed by atoms with Gasteiger partial charge in [0, 0.05) is 35.7 Å². The predicted molar refractivity (Wildman–Crippen MR) is 132 cm³/mol. The monoisotopic (exact) mass is 523 g/mol. The van der Waals surface area contributed by atoms with Crippen LogP contribution in [0.15, 0.2) is 91.1 Å². The molecule has 0 spiro atoms. The van der Waals surface area contributed by atoms with Crippen molar-refractivity contribution >= 4 is 10.9 Å². The summed E-state index contributed by atoms with van der Waals surface area (Å²) in [6.07, 6.45) is -3.85. The summed E-state index contributed by atoms with van der Waals surface area (Å²) < 4.78 is 89.7. The number of benzene rings is 4. The van der Waals surface area contributed by atoms with Crippen molar-refractivity contribution in [3.8, 4) is 16.9 Å². The topological polar surface area (TPSA) is 22.1 Å². The number of para-hydroxylation sites is 1. The van der Waals surface area contributed by atoms with Gasteiger partial charge in [-0.2, -0.15) is 13.2 Å². The highest BCUT2D eigenvalue weighted by molar-refractivity contribution is 5.98. The maximum absolute atomic E-state index is 14.5. The second kappa shape index (κ2) is 10.2. The highest BCUT2D eigenvalue weighted by atomic mass is 19.4. The van der Waals surface area contributed by atoms with Gasteiger partial charge in [0.1, 0.15) is 29.8 Å². The van der Waals surface area contributed by atoms with Gasteiger partial charge in [-0.05, 0) is 40.5 Å². The van der Waals surface area contributed by atoms with Crippen molar-refractivity contribution in [3.63, 3.8) is 0 Å². The summed E-state index contributed by atoms with van der Waals surface area (Å²) in [6.45, 7) is 0.262. The number of ether oxygens (including phenoxy) is 1. The molecule has 0 aliphatic carbocycles. The van der Waals surface area contributed by atoms with Gasteiger partial charge in [-0.25, -0.2) is 13.2 Å². The van der Waals surface area contributed by atoms with Gasteiger partial charge in [0.05, 0.1) is 11.1 Å². The van der Waals surface area contributed by atoms with Gasteiger partial charge < -0.3 is 4.74 Å². The van der Waals surface area contributed by atoms with Gasteiger partial charge in [0.25, 0.3) is 0 Å². The molecule has 1 heterocycles. The second-order valence-electron chi connectivity index (χ2n) is 8.68. The molecule has 2 nitrogen and oxygen atoms in total. The number of nitrogens with zero attached hydrogens (tertiary/aromatic N) is 1. The van der Waals surface area contributed by atoms with E-state index in [1.807, 2.05) is 30.3 Å². The Balaban J connectivity index is 1.65. The van der Waals surface area contributed by atoms with Gasteiger partial charge >= 0.3 is 6.18 Å². The molecule has 0 unspecified atom stereocenters. The molecule has 38 heavy (non-hydrogen) atoms. The van der Waals surface area contributed by atoms with E-state index in [2.05, 4.69) is 4.98 Å². The van der Waals surface area contributed by atoms with E-state index >= 15 is 0 Å². The summed E-state index contributed by atoms with van der Waals surface area (Å²) in [5.41, 5.74) is 0.325. The third-order valence-electron chi connectivity index (χ3n) is 6.13. The molecule has 0 radical (unpaired) electrons. The molecule has 1 aromatic heterocycles. The van der Waals surface area contributed by atoms with Crippen LogP contribution in [0, 0.1) is 17.5 Å². The molecule has 0 saturated carbocycles. The average Bonchev–Trinajstić information content (AvgIpc) is 2.89. The lowest BCUT2D eigenvalue weighted by atomic mass is 9.91. The lowest BCUT2D eigenvalue weighted by Crippen LogP contribution is -2.08. The van der Waals surface area contributed by atoms with Crippen molar-refractivity contribution in [1.29, 1.82) is 0 Å². The summed E-state index contributed by atoms with van der Waals surface area (Å²) in [7, 11) is 0. The maximum atomic E-state index is 14.5. The molecule has 0 N–H and O–H groups in total. The fourth-order valence-corrected chi connectivity index (χ4v) is 4.38. The Hall–Kier alpha value is -4.33. The molecule has 0 amide bonds. The zero-order valence-electron chi connectivity index (χ0n) is 19.7. The van der Waals surface area contributed by atoms with E-state index in [1.54, 1.807) is 24.3 Å². The Kier molecular flexibility index (Phi) is 6.80. The third kappa shape index (κ3) is 5.20. The highest BCUT2D eigenvalue weighted by Gasteiger charge is 2.33. The van der Waals surface area contributed by atoms with Crippen molar-refractivity contribution in [3.05, 3.63) is 131 Å². The van der Waals surface area contributed by atoms with Crippen LogP contribution in [0.2, 0.25) is 0 Å². The highest BCUT2D eigenvalue weighted by Crippen LogP contribution is 2.40. The van der Waals surface area contributed by atoms with Crippen molar-refractivity contribution < 1.29 is 31.1 Å². The van der Waals surface area contributed by atoms with Crippen molar-refractivity contribution in [2.45, 2.75) is 19.2 Å². The van der Waals surface area contributed by atoms with E-state index in [9.17, 15) is 26.3 Å². The van der Waals surface area contributed by atoms with E-state index in [0.29, 0.717) is 29.0 Å². The normalized spacial score (nSPS) is 11.6. The molecule has 4 aromatic carbocycles. The number of aromatic nitrogens is 1. The lowest BCUT2D eigenvalue weighted by molar-refractivity contribution is -0.136. The van der Waals surface area contributed by atoms with Crippen LogP contribution in [-0.4, -0.2) is 4.98 Å². The molecular weight excluding hydrogens is 504 g/mol. The lowest BCUT2D eigenvalue weighted by Gasteiger charge is -2.17. The standard InChI is InChI=1S/C30H19F6NO/c31-21-14-26(32)24(27(33)15-21)13-20-16-37-29-23(10-5-11-25(29)30(34,35)36)28(20)19-8-4-9-22(12-19)38-17-18-6-2-1-3-7-18/h1-12,14-16H,13,17H2. The Labute approximate surface area is 214 Å². The van der Waals surface area contributed by atoms with E-state index < -0.39 is 34.8 Å². The Bertz CT molecular complexity index is 1590. The smallest absolute Gasteiger partial charge is 0.418 e. The zero-order valence-corrected chi connectivity index (χ0v) is 19.7. The first-order valence-electron chi connectivity index (χ1n) is 11.6. The predicted octanol–water partition coefficient (Wildman–Crippen LogP) is 8.51. The van der Waals surface area contributed by atoms with Crippen molar-refractivity contribution in [1.82, 2.24) is 4.98 Å². The minimum absolute atomic E-state index is 0.153. The number of hydrogen-bond donors (Lipinski definition) is 0. The average molecular weight is 523 g/mol. The zero-order chi connectivity index (χ0) is 26.9. The molecule has 8 heteroatoms. The summed E-state index contributed by atoms with van der Waals surface area (Å²) in [5, 5.41) is 0.153. The molecule has 0 aliphatic heterocycles. The third-order valence-corrected chi connectivity index (χ3v) is 6.13. The van der Waals surface area contributed by atoms with Crippen LogP contribution in [0.3, 0.4) is 0 Å². The minimum atomic E-state index is -4.67. The van der Waals surface area contributed by atoms with Crippen LogP contribution in [0.4, 0.5) is 26.3 Å². The molecule has 0 saturated heterocycles. The van der Waals surface area contributed by atoms with Crippen molar-refractivity contribution in [2.24, 2.45) is 0 Å². The summed E-state index contributed by atoms with van der Waals surface area (Å²) in [5.74, 6) is -2.82. The maximum Gasteiger partial charge on any atom is 0.418 e. The summed E-state index contributed by atoms with van der Waals surface area (Å²) in [6, 6.07) is 20.9. The number of rotatable bonds is 6. The Morgan fingerprint density at radius 3 is 2.18 bits per heavy atom. The molecule has 0 atom stereocenters. The van der Waals surface area contributed by atoms with Gasteiger partial charge in [0.2, 0.25) is 0 Å². The molecule has 192 valence electrons. The van der Waals surface area contributed by atoms with E-state index in [1.165, 1.54) is 18.3 Å². The number of alkyl halides is 3. The van der Waals surface area contributed by atoms with Crippen LogP contribution in [0.5, 0.6) is 5.75 Å². The van der Waals surface area contributed by atoms with E-state index in [-0.39, 0.29) is 29.5 Å². The number of halogens is 6. The SMILES string of the molecule is Fc1cc(F)c(Cc2cnc3c(C(F)(F)F)cccc3c2-c2cccc(OCc3ccccc3)c2)c(F)c1. The van der Waals surface area contributed by atoms with E-state index in [0.717, 1.165) is 11.6 Å². The largest absolute Gasteiger partial charge is 0.489 e. The van der Waals surface area contributed by atoms with Crippen LogP contribution in [0.1, 0.15) is 22.3 Å². The number of pyridine rings is 1. The first-order chi connectivity index (χ1) is 18.2. The second-order valence-corrected chi connectivity index (χ2v) is 8.68. The fraction of sp³-hybridized carbons (Fsp3) is 0.100. The molecule has 0 bridgehead atoms. The molecule has 0 aliphatic rings. The first kappa shape index (κ1) is 25.3. The number of fused-ring (bicyclic) bond motifs is 1. The van der Waals surface area contributed by atoms with Crippen LogP contribution in [0.25, 0.3) is 22.0 Å². The fourth-order valence-electron chi connectivity index (χ4n) is 4.38. The van der Waals surface area contributed by atoms with E-state index in [4.69, 9.17) is 4.74 Å². The number of hydrogen-bond acceptors (Lipinski definition) is 2. The summed E-state index contributed by atoms with van der Waals surface area (Å²) >= 11 is 0. The molecule has 0 fully saturated rings. The molecule has 5 rings (SSSR count). The van der Waals surface area contributed by atoms with Gasteiger partial charge in [-0.3, -0.25) is 4.98 Å². The van der Waals surface area contributed by atoms with Crippen LogP contribution in [-0.2, 0) is 19.2 Å². The van der Waals surface area contributed by atoms with Gasteiger partial charge in [-0.15, -0.1) is 0 Å². The quantitative estimate of drug-likeness (QED) is 0.208. The van der Waals surface area contributed by atoms with Crippen LogP contribution >= 0.6 is 0 Å². The van der Waals surface area contributed by atoms with Crippen molar-refractivity contribution in [2.75, 3.05) is 0 Å².